The Labute approximate surface area is 101 Å². The number of hydrogen-bond acceptors (Lipinski definition) is 4. The molecule has 2 aromatic heterocycles. The smallest absolute Gasteiger partial charge is 0.435 e. The Kier molecular flexibility index (Phi) is 2.92. The third kappa shape index (κ3) is 2.32. The number of aromatic nitrogens is 1. The lowest BCUT2D eigenvalue weighted by atomic mass is 10.3. The molecule has 0 amide bonds. The number of hydrogen-bond donors (Lipinski definition) is 1. The van der Waals surface area contributed by atoms with Crippen LogP contribution in [-0.2, 0) is 6.18 Å². The van der Waals surface area contributed by atoms with Gasteiger partial charge in [-0.05, 0) is 11.4 Å². The molecule has 0 aliphatic heterocycles. The highest BCUT2D eigenvalue weighted by Gasteiger charge is 2.39. The van der Waals surface area contributed by atoms with Gasteiger partial charge in [0, 0.05) is 10.9 Å². The predicted molar refractivity (Wildman–Crippen MR) is 57.4 cm³/mol. The van der Waals surface area contributed by atoms with Gasteiger partial charge in [0.15, 0.2) is 5.69 Å². The van der Waals surface area contributed by atoms with Crippen molar-refractivity contribution < 1.29 is 23.1 Å². The van der Waals surface area contributed by atoms with E-state index in [-0.39, 0.29) is 5.01 Å². The summed E-state index contributed by atoms with van der Waals surface area (Å²) in [6, 6.07) is 1.59. The van der Waals surface area contributed by atoms with Crippen LogP contribution in [0.25, 0.3) is 10.6 Å². The van der Waals surface area contributed by atoms with Gasteiger partial charge in [0.25, 0.3) is 0 Å². The number of nitrogens with zero attached hydrogens (tertiary/aromatic N) is 1. The van der Waals surface area contributed by atoms with E-state index < -0.39 is 22.7 Å². The molecule has 2 rings (SSSR count). The Bertz CT molecular complexity index is 545. The molecule has 90 valence electrons. The van der Waals surface area contributed by atoms with Gasteiger partial charge in [-0.2, -0.15) is 24.5 Å². The van der Waals surface area contributed by atoms with Gasteiger partial charge in [-0.25, -0.2) is 9.78 Å². The zero-order chi connectivity index (χ0) is 12.6. The Morgan fingerprint density at radius 2 is 2.12 bits per heavy atom. The predicted octanol–water partition coefficient (Wildman–Crippen LogP) is 3.59. The van der Waals surface area contributed by atoms with Crippen molar-refractivity contribution in [2.45, 2.75) is 6.18 Å². The van der Waals surface area contributed by atoms with Gasteiger partial charge >= 0.3 is 12.1 Å². The maximum absolute atomic E-state index is 12.5. The number of thiazole rings is 1. The molecule has 0 aliphatic rings. The number of carboxylic acids is 1. The average Bonchev–Trinajstić information content (AvgIpc) is 2.85. The van der Waals surface area contributed by atoms with Crippen LogP contribution in [0.1, 0.15) is 15.4 Å². The lowest BCUT2D eigenvalue weighted by molar-refractivity contribution is -0.141. The lowest BCUT2D eigenvalue weighted by Gasteiger charge is -2.02. The molecule has 8 heteroatoms. The zero-order valence-electron chi connectivity index (χ0n) is 7.99. The first-order chi connectivity index (χ1) is 7.89. The van der Waals surface area contributed by atoms with Crippen molar-refractivity contribution in [1.29, 1.82) is 0 Å². The molecule has 0 spiro atoms. The van der Waals surface area contributed by atoms with Crippen LogP contribution in [0.2, 0.25) is 0 Å². The van der Waals surface area contributed by atoms with Crippen LogP contribution in [0.3, 0.4) is 0 Å². The summed E-state index contributed by atoms with van der Waals surface area (Å²) in [5, 5.41) is 12.1. The molecule has 1 N–H and O–H groups in total. The topological polar surface area (TPSA) is 50.2 Å². The molecule has 0 saturated carbocycles. The van der Waals surface area contributed by atoms with E-state index >= 15 is 0 Å². The number of carboxylic acid groups (broad SMARTS) is 1. The minimum absolute atomic E-state index is 0.0657. The summed E-state index contributed by atoms with van der Waals surface area (Å²) in [4.78, 5) is 13.3. The van der Waals surface area contributed by atoms with Crippen LogP contribution in [-0.4, -0.2) is 16.1 Å². The highest BCUT2D eigenvalue weighted by atomic mass is 32.1. The number of aromatic carboxylic acids is 1. The summed E-state index contributed by atoms with van der Waals surface area (Å²) >= 11 is 1.83. The van der Waals surface area contributed by atoms with Crippen molar-refractivity contribution in [2.24, 2.45) is 0 Å². The summed E-state index contributed by atoms with van der Waals surface area (Å²) in [7, 11) is 0. The van der Waals surface area contributed by atoms with E-state index in [2.05, 4.69) is 4.98 Å². The number of rotatable bonds is 2. The minimum Gasteiger partial charge on any atom is -0.477 e. The molecule has 3 nitrogen and oxygen atoms in total. The van der Waals surface area contributed by atoms with Gasteiger partial charge in [-0.1, -0.05) is 0 Å². The van der Waals surface area contributed by atoms with E-state index in [0.29, 0.717) is 16.9 Å². The normalized spacial score (nSPS) is 11.7. The van der Waals surface area contributed by atoms with Gasteiger partial charge < -0.3 is 5.11 Å². The maximum Gasteiger partial charge on any atom is 0.435 e. The molecular formula is C9H4F3NO2S2. The highest BCUT2D eigenvalue weighted by Crippen LogP contribution is 2.38. The Morgan fingerprint density at radius 1 is 1.41 bits per heavy atom. The van der Waals surface area contributed by atoms with E-state index in [4.69, 9.17) is 5.11 Å². The van der Waals surface area contributed by atoms with Gasteiger partial charge in [-0.15, -0.1) is 11.3 Å². The van der Waals surface area contributed by atoms with Crippen LogP contribution in [0.15, 0.2) is 16.8 Å². The Hall–Kier alpha value is -1.41. The molecule has 0 bridgehead atoms. The molecule has 0 saturated heterocycles. The molecular weight excluding hydrogens is 275 g/mol. The van der Waals surface area contributed by atoms with Crippen LogP contribution >= 0.6 is 22.7 Å². The summed E-state index contributed by atoms with van der Waals surface area (Å²) < 4.78 is 37.6. The molecule has 0 fully saturated rings. The van der Waals surface area contributed by atoms with Crippen molar-refractivity contribution in [1.82, 2.24) is 4.98 Å². The van der Waals surface area contributed by atoms with Crippen molar-refractivity contribution in [3.05, 3.63) is 27.4 Å². The largest absolute Gasteiger partial charge is 0.477 e. The summed E-state index contributed by atoms with van der Waals surface area (Å²) in [6.07, 6.45) is -4.75. The number of carbonyl (C=O) groups is 1. The van der Waals surface area contributed by atoms with Gasteiger partial charge in [0.2, 0.25) is 0 Å². The fraction of sp³-hybridized carbons (Fsp3) is 0.111. The van der Waals surface area contributed by atoms with E-state index in [0.717, 1.165) is 0 Å². The number of thiophene rings is 1. The fourth-order valence-corrected chi connectivity index (χ4v) is 2.80. The van der Waals surface area contributed by atoms with Gasteiger partial charge in [0.05, 0.1) is 0 Å². The lowest BCUT2D eigenvalue weighted by Crippen LogP contribution is -2.11. The third-order valence-corrected chi connectivity index (χ3v) is 3.63. The van der Waals surface area contributed by atoms with E-state index in [1.54, 1.807) is 16.8 Å². The maximum atomic E-state index is 12.5. The average molecular weight is 279 g/mol. The summed E-state index contributed by atoms with van der Waals surface area (Å²) in [6.45, 7) is 0. The Morgan fingerprint density at radius 3 is 2.53 bits per heavy atom. The number of alkyl halides is 3. The van der Waals surface area contributed by atoms with Crippen molar-refractivity contribution in [3.8, 4) is 10.6 Å². The standard InChI is InChI=1S/C9H4F3NO2S2/c10-9(11,12)6-5(8(14)15)17-7(13-6)4-1-2-16-3-4/h1-3H,(H,14,15). The van der Waals surface area contributed by atoms with Crippen LogP contribution in [0.4, 0.5) is 13.2 Å². The van der Waals surface area contributed by atoms with Crippen molar-refractivity contribution >= 4 is 28.6 Å². The zero-order valence-corrected chi connectivity index (χ0v) is 9.62. The van der Waals surface area contributed by atoms with E-state index in [1.807, 2.05) is 0 Å². The van der Waals surface area contributed by atoms with E-state index in [1.165, 1.54) is 11.3 Å². The second kappa shape index (κ2) is 4.11. The Balaban J connectivity index is 2.56. The van der Waals surface area contributed by atoms with Crippen LogP contribution in [0.5, 0.6) is 0 Å². The van der Waals surface area contributed by atoms with Crippen LogP contribution < -0.4 is 0 Å². The molecule has 0 unspecified atom stereocenters. The summed E-state index contributed by atoms with van der Waals surface area (Å²) in [5.74, 6) is -1.61. The van der Waals surface area contributed by atoms with Crippen molar-refractivity contribution in [2.75, 3.05) is 0 Å². The highest BCUT2D eigenvalue weighted by molar-refractivity contribution is 7.17. The molecule has 0 aliphatic carbocycles. The molecule has 0 aromatic carbocycles. The first-order valence-electron chi connectivity index (χ1n) is 4.23. The first-order valence-corrected chi connectivity index (χ1v) is 5.99. The molecule has 2 aromatic rings. The van der Waals surface area contributed by atoms with Crippen molar-refractivity contribution in [3.63, 3.8) is 0 Å². The van der Waals surface area contributed by atoms with E-state index in [9.17, 15) is 18.0 Å². The quantitative estimate of drug-likeness (QED) is 0.914. The van der Waals surface area contributed by atoms with Gasteiger partial charge in [0.1, 0.15) is 9.88 Å². The first kappa shape index (κ1) is 12.1. The SMILES string of the molecule is O=C(O)c1sc(-c2ccsc2)nc1C(F)(F)F. The monoisotopic (exact) mass is 279 g/mol. The van der Waals surface area contributed by atoms with Gasteiger partial charge in [-0.3, -0.25) is 0 Å². The second-order valence-electron chi connectivity index (χ2n) is 3.01. The molecule has 0 atom stereocenters. The molecule has 0 radical (unpaired) electrons. The molecule has 17 heavy (non-hydrogen) atoms. The van der Waals surface area contributed by atoms with Crippen LogP contribution in [0, 0.1) is 0 Å². The summed E-state index contributed by atoms with van der Waals surface area (Å²) in [5.41, 5.74) is -0.839. The minimum atomic E-state index is -4.75. The molecule has 2 heterocycles. The fourth-order valence-electron chi connectivity index (χ4n) is 1.17. The second-order valence-corrected chi connectivity index (χ2v) is 4.79. The number of halogens is 3. The third-order valence-electron chi connectivity index (χ3n) is 1.86.